The standard InChI is InChI=1S/C18H31N3O3/c1-4-20-11-14-17(5-6-18(14,13-20)16(23)19-2)7-9-21(10-8-17)15(22)12-24-3/h14H,4-13H2,1-3H3,(H,19,23)/t14-,18+/m0/s1. The van der Waals surface area contributed by atoms with Crippen molar-refractivity contribution in [3.63, 3.8) is 0 Å². The summed E-state index contributed by atoms with van der Waals surface area (Å²) in [6.45, 7) is 6.87. The predicted octanol–water partition coefficient (Wildman–Crippen LogP) is 0.720. The predicted molar refractivity (Wildman–Crippen MR) is 91.5 cm³/mol. The van der Waals surface area contributed by atoms with Gasteiger partial charge in [-0.2, -0.15) is 0 Å². The lowest BCUT2D eigenvalue weighted by atomic mass is 9.65. The van der Waals surface area contributed by atoms with Crippen molar-refractivity contribution >= 4 is 11.8 Å². The Morgan fingerprint density at radius 1 is 1.21 bits per heavy atom. The van der Waals surface area contributed by atoms with Crippen molar-refractivity contribution in [3.05, 3.63) is 0 Å². The number of hydrogen-bond acceptors (Lipinski definition) is 4. The SMILES string of the molecule is CCN1C[C@H]2C3(CCN(C(=O)COC)CC3)CC[C@@]2(C(=O)NC)C1. The number of hydrogen-bond donors (Lipinski definition) is 1. The number of likely N-dealkylation sites (tertiary alicyclic amines) is 2. The van der Waals surface area contributed by atoms with Crippen molar-refractivity contribution in [2.24, 2.45) is 16.7 Å². The molecule has 0 radical (unpaired) electrons. The van der Waals surface area contributed by atoms with E-state index in [4.69, 9.17) is 4.74 Å². The van der Waals surface area contributed by atoms with Gasteiger partial charge in [0.15, 0.2) is 0 Å². The van der Waals surface area contributed by atoms with Crippen LogP contribution in [-0.2, 0) is 14.3 Å². The Morgan fingerprint density at radius 3 is 2.50 bits per heavy atom. The third kappa shape index (κ3) is 2.64. The average molecular weight is 337 g/mol. The zero-order chi connectivity index (χ0) is 17.4. The zero-order valence-corrected chi connectivity index (χ0v) is 15.3. The molecule has 136 valence electrons. The van der Waals surface area contributed by atoms with Crippen molar-refractivity contribution in [2.75, 3.05) is 53.5 Å². The molecule has 0 aromatic carbocycles. The Bertz CT molecular complexity index is 502. The van der Waals surface area contributed by atoms with Gasteiger partial charge in [0.2, 0.25) is 11.8 Å². The van der Waals surface area contributed by atoms with Gasteiger partial charge in [-0.1, -0.05) is 6.92 Å². The van der Waals surface area contributed by atoms with Crippen LogP contribution in [0.3, 0.4) is 0 Å². The van der Waals surface area contributed by atoms with Crippen LogP contribution in [0.25, 0.3) is 0 Å². The molecule has 6 nitrogen and oxygen atoms in total. The molecule has 6 heteroatoms. The molecule has 1 spiro atoms. The van der Waals surface area contributed by atoms with Crippen LogP contribution in [0.1, 0.15) is 32.6 Å². The number of piperidine rings is 1. The molecular formula is C18H31N3O3. The van der Waals surface area contributed by atoms with Crippen LogP contribution < -0.4 is 5.32 Å². The first-order chi connectivity index (χ1) is 11.5. The minimum Gasteiger partial charge on any atom is -0.375 e. The van der Waals surface area contributed by atoms with Crippen LogP contribution in [0.5, 0.6) is 0 Å². The number of amides is 2. The summed E-state index contributed by atoms with van der Waals surface area (Å²) in [4.78, 5) is 29.2. The molecule has 0 aromatic rings. The quantitative estimate of drug-likeness (QED) is 0.821. The highest BCUT2D eigenvalue weighted by molar-refractivity contribution is 5.84. The van der Waals surface area contributed by atoms with Gasteiger partial charge in [-0.25, -0.2) is 0 Å². The maximum absolute atomic E-state index is 12.7. The Hall–Kier alpha value is -1.14. The highest BCUT2D eigenvalue weighted by Gasteiger charge is 2.63. The second-order valence-corrected chi connectivity index (χ2v) is 7.79. The van der Waals surface area contributed by atoms with Gasteiger partial charge in [0.05, 0.1) is 5.41 Å². The number of rotatable bonds is 4. The second-order valence-electron chi connectivity index (χ2n) is 7.79. The van der Waals surface area contributed by atoms with E-state index in [2.05, 4.69) is 17.1 Å². The average Bonchev–Trinajstić information content (AvgIpc) is 3.12. The molecular weight excluding hydrogens is 306 g/mol. The highest BCUT2D eigenvalue weighted by atomic mass is 16.5. The number of methoxy groups -OCH3 is 1. The third-order valence-corrected chi connectivity index (χ3v) is 6.93. The summed E-state index contributed by atoms with van der Waals surface area (Å²) in [6.07, 6.45) is 4.14. The van der Waals surface area contributed by atoms with Crippen molar-refractivity contribution < 1.29 is 14.3 Å². The molecule has 0 bridgehead atoms. The van der Waals surface area contributed by atoms with Gasteiger partial charge < -0.3 is 19.9 Å². The van der Waals surface area contributed by atoms with Crippen molar-refractivity contribution in [2.45, 2.75) is 32.6 Å². The van der Waals surface area contributed by atoms with Gasteiger partial charge in [0.25, 0.3) is 0 Å². The minimum atomic E-state index is -0.219. The van der Waals surface area contributed by atoms with Crippen LogP contribution in [0.15, 0.2) is 0 Å². The molecule has 3 rings (SSSR count). The van der Waals surface area contributed by atoms with Gasteiger partial charge in [0.1, 0.15) is 6.61 Å². The molecule has 3 fully saturated rings. The minimum absolute atomic E-state index is 0.0875. The van der Waals surface area contributed by atoms with Crippen molar-refractivity contribution in [3.8, 4) is 0 Å². The summed E-state index contributed by atoms with van der Waals surface area (Å²) in [5.74, 6) is 0.729. The van der Waals surface area contributed by atoms with E-state index in [-0.39, 0.29) is 29.3 Å². The summed E-state index contributed by atoms with van der Waals surface area (Å²) in [5, 5.41) is 2.93. The number of fused-ring (bicyclic) bond motifs is 2. The van der Waals surface area contributed by atoms with E-state index < -0.39 is 0 Å². The van der Waals surface area contributed by atoms with Crippen molar-refractivity contribution in [1.29, 1.82) is 0 Å². The van der Waals surface area contributed by atoms with Crippen LogP contribution in [-0.4, -0.2) is 75.1 Å². The lowest BCUT2D eigenvalue weighted by molar-refractivity contribution is -0.139. The maximum Gasteiger partial charge on any atom is 0.248 e. The molecule has 2 heterocycles. The fourth-order valence-electron chi connectivity index (χ4n) is 5.53. The van der Waals surface area contributed by atoms with Crippen LogP contribution in [0, 0.1) is 16.7 Å². The Morgan fingerprint density at radius 2 is 1.92 bits per heavy atom. The van der Waals surface area contributed by atoms with E-state index in [1.807, 2.05) is 4.90 Å². The molecule has 2 atom stereocenters. The van der Waals surface area contributed by atoms with Gasteiger partial charge in [0, 0.05) is 40.3 Å². The van der Waals surface area contributed by atoms with E-state index >= 15 is 0 Å². The Labute approximate surface area is 144 Å². The van der Waals surface area contributed by atoms with Crippen molar-refractivity contribution in [1.82, 2.24) is 15.1 Å². The Balaban J connectivity index is 1.76. The third-order valence-electron chi connectivity index (χ3n) is 6.93. The molecule has 1 N–H and O–H groups in total. The maximum atomic E-state index is 12.7. The topological polar surface area (TPSA) is 61.9 Å². The van der Waals surface area contributed by atoms with E-state index in [0.717, 1.165) is 58.4 Å². The number of carbonyl (C=O) groups excluding carboxylic acids is 2. The van der Waals surface area contributed by atoms with E-state index in [1.54, 1.807) is 14.2 Å². The van der Waals surface area contributed by atoms with Gasteiger partial charge in [-0.05, 0) is 43.6 Å². The summed E-state index contributed by atoms with van der Waals surface area (Å²) in [5.41, 5.74) is 0.00372. The molecule has 2 aliphatic heterocycles. The first-order valence-electron chi connectivity index (χ1n) is 9.22. The molecule has 24 heavy (non-hydrogen) atoms. The van der Waals surface area contributed by atoms with E-state index in [1.165, 1.54) is 0 Å². The van der Waals surface area contributed by atoms with Gasteiger partial charge in [-0.3, -0.25) is 9.59 Å². The monoisotopic (exact) mass is 337 g/mol. The molecule has 2 amide bonds. The van der Waals surface area contributed by atoms with Crippen LogP contribution in [0.2, 0.25) is 0 Å². The normalized spacial score (nSPS) is 32.1. The van der Waals surface area contributed by atoms with E-state index in [9.17, 15) is 9.59 Å². The molecule has 2 saturated heterocycles. The molecule has 1 saturated carbocycles. The van der Waals surface area contributed by atoms with Crippen LogP contribution in [0.4, 0.5) is 0 Å². The first kappa shape index (κ1) is 17.7. The van der Waals surface area contributed by atoms with Crippen LogP contribution >= 0.6 is 0 Å². The lowest BCUT2D eigenvalue weighted by Crippen LogP contribution is -2.49. The summed E-state index contributed by atoms with van der Waals surface area (Å²) in [7, 11) is 3.33. The largest absolute Gasteiger partial charge is 0.375 e. The number of ether oxygens (including phenoxy) is 1. The number of carbonyl (C=O) groups is 2. The van der Waals surface area contributed by atoms with Gasteiger partial charge in [-0.15, -0.1) is 0 Å². The molecule has 0 unspecified atom stereocenters. The number of nitrogens with one attached hydrogen (secondary N) is 1. The lowest BCUT2D eigenvalue weighted by Gasteiger charge is -2.44. The summed E-state index contributed by atoms with van der Waals surface area (Å²) >= 11 is 0. The molecule has 1 aliphatic carbocycles. The fraction of sp³-hybridized carbons (Fsp3) is 0.889. The summed E-state index contributed by atoms with van der Waals surface area (Å²) < 4.78 is 4.98. The summed E-state index contributed by atoms with van der Waals surface area (Å²) in [6, 6.07) is 0. The second kappa shape index (κ2) is 6.64. The first-order valence-corrected chi connectivity index (χ1v) is 9.22. The zero-order valence-electron chi connectivity index (χ0n) is 15.3. The smallest absolute Gasteiger partial charge is 0.248 e. The van der Waals surface area contributed by atoms with E-state index in [0.29, 0.717) is 5.92 Å². The Kier molecular flexibility index (Phi) is 4.89. The highest BCUT2D eigenvalue weighted by Crippen LogP contribution is 2.62. The van der Waals surface area contributed by atoms with Gasteiger partial charge >= 0.3 is 0 Å². The molecule has 0 aromatic heterocycles. The fourth-order valence-corrected chi connectivity index (χ4v) is 5.53. The number of nitrogens with zero attached hydrogens (tertiary/aromatic N) is 2. The molecule has 3 aliphatic rings.